The molecule has 0 saturated heterocycles. The maximum Gasteiger partial charge on any atom is 0.323 e. The minimum absolute atomic E-state index is 0.336. The minimum atomic E-state index is -0.659. The topological polar surface area (TPSA) is 79.4 Å². The second-order valence-corrected chi connectivity index (χ2v) is 5.59. The smallest absolute Gasteiger partial charge is 0.323 e. The quantitative estimate of drug-likeness (QED) is 0.712. The third kappa shape index (κ3) is 5.09. The van der Waals surface area contributed by atoms with E-state index in [1.54, 1.807) is 19.4 Å². The van der Waals surface area contributed by atoms with Gasteiger partial charge in [0.1, 0.15) is 11.8 Å². The molecule has 0 amide bonds. The summed E-state index contributed by atoms with van der Waals surface area (Å²) in [4.78, 5) is 15.8. The van der Waals surface area contributed by atoms with Gasteiger partial charge in [-0.15, -0.1) is 0 Å². The number of rotatable bonds is 9. The van der Waals surface area contributed by atoms with Crippen LogP contribution in [0.15, 0.2) is 36.9 Å². The summed E-state index contributed by atoms with van der Waals surface area (Å²) >= 11 is 0. The molecule has 1 aromatic heterocycles. The molecule has 0 aliphatic carbocycles. The Balaban J connectivity index is 2.16. The van der Waals surface area contributed by atoms with Gasteiger partial charge in [-0.1, -0.05) is 19.1 Å². The number of imidazole rings is 1. The molecule has 6 heteroatoms. The van der Waals surface area contributed by atoms with Crippen molar-refractivity contribution in [3.63, 3.8) is 0 Å². The zero-order valence-electron chi connectivity index (χ0n) is 14.3. The number of hydrogen-bond acceptors (Lipinski definition) is 5. The van der Waals surface area contributed by atoms with E-state index in [0.29, 0.717) is 26.2 Å². The molecule has 1 atom stereocenters. The molecule has 0 bridgehead atoms. The highest BCUT2D eigenvalue weighted by atomic mass is 16.5. The van der Waals surface area contributed by atoms with Gasteiger partial charge in [0.05, 0.1) is 26.1 Å². The van der Waals surface area contributed by atoms with Crippen LogP contribution >= 0.6 is 0 Å². The van der Waals surface area contributed by atoms with Crippen LogP contribution in [-0.2, 0) is 22.5 Å². The Bertz CT molecular complexity index is 641. The number of ether oxygens (including phenoxy) is 2. The van der Waals surface area contributed by atoms with Crippen molar-refractivity contribution < 1.29 is 14.3 Å². The molecular weight excluding hydrogens is 306 g/mol. The fourth-order valence-corrected chi connectivity index (χ4v) is 2.40. The number of carbonyl (C=O) groups is 1. The van der Waals surface area contributed by atoms with Crippen LogP contribution in [-0.4, -0.2) is 34.8 Å². The van der Waals surface area contributed by atoms with Gasteiger partial charge in [0.25, 0.3) is 0 Å². The van der Waals surface area contributed by atoms with Crippen LogP contribution in [0.1, 0.15) is 31.4 Å². The van der Waals surface area contributed by atoms with Gasteiger partial charge in [0.2, 0.25) is 0 Å². The number of esters is 1. The third-order valence-electron chi connectivity index (χ3n) is 3.54. The fourth-order valence-electron chi connectivity index (χ4n) is 2.40. The van der Waals surface area contributed by atoms with E-state index < -0.39 is 6.04 Å². The first-order valence-electron chi connectivity index (χ1n) is 8.26. The number of aromatic nitrogens is 2. The molecule has 2 rings (SSSR count). The largest absolute Gasteiger partial charge is 0.493 e. The second kappa shape index (κ2) is 9.08. The van der Waals surface area contributed by atoms with Crippen LogP contribution in [0.4, 0.5) is 0 Å². The molecule has 0 aliphatic heterocycles. The summed E-state index contributed by atoms with van der Waals surface area (Å²) < 4.78 is 12.8. The molecule has 0 fully saturated rings. The van der Waals surface area contributed by atoms with E-state index in [9.17, 15) is 4.79 Å². The van der Waals surface area contributed by atoms with Gasteiger partial charge in [-0.3, -0.25) is 4.79 Å². The van der Waals surface area contributed by atoms with Gasteiger partial charge >= 0.3 is 5.97 Å². The van der Waals surface area contributed by atoms with E-state index in [4.69, 9.17) is 15.2 Å². The highest BCUT2D eigenvalue weighted by molar-refractivity contribution is 5.75. The maximum absolute atomic E-state index is 11.7. The van der Waals surface area contributed by atoms with Crippen molar-refractivity contribution in [2.75, 3.05) is 13.2 Å². The SMILES string of the molecule is CCCOc1ccc(CC(N)C(=O)OCC)cc1Cn1ccnc1. The predicted octanol–water partition coefficient (Wildman–Crippen LogP) is 2.15. The van der Waals surface area contributed by atoms with Crippen LogP contribution in [0.5, 0.6) is 5.75 Å². The van der Waals surface area contributed by atoms with Crippen LogP contribution < -0.4 is 10.5 Å². The van der Waals surface area contributed by atoms with Crippen LogP contribution in [0.2, 0.25) is 0 Å². The first kappa shape index (κ1) is 18.0. The fraction of sp³-hybridized carbons (Fsp3) is 0.444. The summed E-state index contributed by atoms with van der Waals surface area (Å²) in [5.41, 5.74) is 7.94. The Morgan fingerprint density at radius 2 is 2.21 bits per heavy atom. The average molecular weight is 331 g/mol. The lowest BCUT2D eigenvalue weighted by Gasteiger charge is -2.15. The molecule has 1 unspecified atom stereocenters. The van der Waals surface area contributed by atoms with Gasteiger partial charge < -0.3 is 19.8 Å². The van der Waals surface area contributed by atoms with Crippen molar-refractivity contribution in [1.29, 1.82) is 0 Å². The second-order valence-electron chi connectivity index (χ2n) is 5.59. The Labute approximate surface area is 142 Å². The summed E-state index contributed by atoms with van der Waals surface area (Å²) in [6.07, 6.45) is 6.79. The highest BCUT2D eigenvalue weighted by Gasteiger charge is 2.16. The number of hydrogen-bond donors (Lipinski definition) is 1. The Morgan fingerprint density at radius 1 is 1.38 bits per heavy atom. The molecular formula is C18H25N3O3. The minimum Gasteiger partial charge on any atom is -0.493 e. The van der Waals surface area contributed by atoms with Crippen molar-refractivity contribution in [2.45, 2.75) is 39.3 Å². The van der Waals surface area contributed by atoms with Gasteiger partial charge in [0.15, 0.2) is 0 Å². The van der Waals surface area contributed by atoms with Crippen molar-refractivity contribution in [3.8, 4) is 5.75 Å². The normalized spacial score (nSPS) is 12.0. The summed E-state index contributed by atoms with van der Waals surface area (Å²) in [5, 5.41) is 0. The lowest BCUT2D eigenvalue weighted by molar-refractivity contribution is -0.144. The van der Waals surface area contributed by atoms with E-state index >= 15 is 0 Å². The molecule has 24 heavy (non-hydrogen) atoms. The molecule has 0 spiro atoms. The van der Waals surface area contributed by atoms with Crippen LogP contribution in [0, 0.1) is 0 Å². The number of nitrogens with zero attached hydrogens (tertiary/aromatic N) is 2. The maximum atomic E-state index is 11.7. The van der Waals surface area contributed by atoms with Crippen LogP contribution in [0.3, 0.4) is 0 Å². The third-order valence-corrected chi connectivity index (χ3v) is 3.54. The Kier molecular flexibility index (Phi) is 6.81. The molecule has 6 nitrogen and oxygen atoms in total. The molecule has 1 heterocycles. The molecule has 0 radical (unpaired) electrons. The van der Waals surface area contributed by atoms with Gasteiger partial charge in [-0.25, -0.2) is 4.98 Å². The Hall–Kier alpha value is -2.34. The number of nitrogens with two attached hydrogens (primary N) is 1. The standard InChI is InChI=1S/C18H25N3O3/c1-3-9-24-17-6-5-14(11-16(19)18(22)23-4-2)10-15(17)12-21-8-7-20-13-21/h5-8,10,13,16H,3-4,9,11-12,19H2,1-2H3. The van der Waals surface area contributed by atoms with E-state index in [-0.39, 0.29) is 5.97 Å². The van der Waals surface area contributed by atoms with E-state index in [0.717, 1.165) is 23.3 Å². The Morgan fingerprint density at radius 3 is 2.88 bits per heavy atom. The predicted molar refractivity (Wildman–Crippen MR) is 91.9 cm³/mol. The van der Waals surface area contributed by atoms with Gasteiger partial charge in [-0.2, -0.15) is 0 Å². The van der Waals surface area contributed by atoms with Gasteiger partial charge in [0, 0.05) is 18.0 Å². The lowest BCUT2D eigenvalue weighted by atomic mass is 10.0. The van der Waals surface area contributed by atoms with Crippen molar-refractivity contribution in [1.82, 2.24) is 9.55 Å². The van der Waals surface area contributed by atoms with Crippen molar-refractivity contribution >= 4 is 5.97 Å². The van der Waals surface area contributed by atoms with E-state index in [1.165, 1.54) is 0 Å². The zero-order valence-corrected chi connectivity index (χ0v) is 14.3. The molecule has 2 aromatic rings. The lowest BCUT2D eigenvalue weighted by Crippen LogP contribution is -2.34. The van der Waals surface area contributed by atoms with Crippen molar-refractivity contribution in [2.24, 2.45) is 5.73 Å². The van der Waals surface area contributed by atoms with Gasteiger partial charge in [-0.05, 0) is 31.4 Å². The summed E-state index contributed by atoms with van der Waals surface area (Å²) in [6, 6.07) is 5.26. The molecule has 1 aromatic carbocycles. The number of carbonyl (C=O) groups excluding carboxylic acids is 1. The number of benzene rings is 1. The molecule has 0 aliphatic rings. The summed E-state index contributed by atoms with van der Waals surface area (Å²) in [5.74, 6) is 0.471. The van der Waals surface area contributed by atoms with E-state index in [2.05, 4.69) is 11.9 Å². The zero-order chi connectivity index (χ0) is 17.4. The van der Waals surface area contributed by atoms with Crippen molar-refractivity contribution in [3.05, 3.63) is 48.0 Å². The monoisotopic (exact) mass is 331 g/mol. The highest BCUT2D eigenvalue weighted by Crippen LogP contribution is 2.22. The summed E-state index contributed by atoms with van der Waals surface area (Å²) in [6.45, 7) is 5.50. The molecule has 0 saturated carbocycles. The first-order valence-corrected chi connectivity index (χ1v) is 8.26. The average Bonchev–Trinajstić information content (AvgIpc) is 3.07. The summed E-state index contributed by atoms with van der Waals surface area (Å²) in [7, 11) is 0. The molecule has 130 valence electrons. The first-order chi connectivity index (χ1) is 11.6. The van der Waals surface area contributed by atoms with Crippen LogP contribution in [0.25, 0.3) is 0 Å². The van der Waals surface area contributed by atoms with E-state index in [1.807, 2.05) is 29.0 Å². The molecule has 2 N–H and O–H groups in total.